The fraction of sp³-hybridized carbons (Fsp3) is 0.381. The lowest BCUT2D eigenvalue weighted by molar-refractivity contribution is 0.102. The first-order chi connectivity index (χ1) is 13.8. The molecule has 154 valence electrons. The average Bonchev–Trinajstić information content (AvgIpc) is 2.82. The zero-order valence-corrected chi connectivity index (χ0v) is 17.9. The summed E-state index contributed by atoms with van der Waals surface area (Å²) in [6.07, 6.45) is 4.81. The smallest absolute Gasteiger partial charge is 0.259 e. The van der Waals surface area contributed by atoms with E-state index in [9.17, 15) is 13.2 Å². The third-order valence-corrected chi connectivity index (χ3v) is 8.00. The highest BCUT2D eigenvalue weighted by atomic mass is 35.5. The van der Waals surface area contributed by atoms with Crippen LogP contribution in [0.15, 0.2) is 35.2 Å². The van der Waals surface area contributed by atoms with Crippen LogP contribution in [0.5, 0.6) is 11.5 Å². The highest BCUT2D eigenvalue weighted by Crippen LogP contribution is 2.40. The summed E-state index contributed by atoms with van der Waals surface area (Å²) in [6, 6.07) is 8.11. The van der Waals surface area contributed by atoms with Crippen molar-refractivity contribution in [3.05, 3.63) is 46.5 Å². The second kappa shape index (κ2) is 7.63. The molecule has 1 heterocycles. The van der Waals surface area contributed by atoms with Gasteiger partial charge in [0.25, 0.3) is 5.91 Å². The fourth-order valence-corrected chi connectivity index (χ4v) is 5.86. The standard InChI is InChI=1S/C21H23ClN2O4S/c1-13-8-9-18-17(10-13)23-21(25)15-11-20(16(22)12-19(15)28-18)29(26,27)24(2)14-6-4-3-5-7-14/h8-12,14H,3-7H2,1-2H3,(H,23,25). The Morgan fingerprint density at radius 3 is 2.55 bits per heavy atom. The second-order valence-electron chi connectivity index (χ2n) is 7.65. The van der Waals surface area contributed by atoms with E-state index in [1.807, 2.05) is 13.0 Å². The van der Waals surface area contributed by atoms with E-state index in [4.69, 9.17) is 16.3 Å². The summed E-state index contributed by atoms with van der Waals surface area (Å²) in [5.74, 6) is 0.279. The number of carbonyl (C=O) groups excluding carboxylic acids is 1. The predicted molar refractivity (Wildman–Crippen MR) is 112 cm³/mol. The zero-order chi connectivity index (χ0) is 20.8. The molecule has 8 heteroatoms. The van der Waals surface area contributed by atoms with Crippen molar-refractivity contribution in [2.75, 3.05) is 12.4 Å². The molecule has 0 bridgehead atoms. The molecule has 0 aromatic heterocycles. The van der Waals surface area contributed by atoms with Crippen molar-refractivity contribution in [3.63, 3.8) is 0 Å². The first-order valence-electron chi connectivity index (χ1n) is 9.69. The molecule has 0 unspecified atom stereocenters. The predicted octanol–water partition coefficient (Wildman–Crippen LogP) is 4.96. The van der Waals surface area contributed by atoms with Crippen molar-refractivity contribution in [2.45, 2.75) is 50.0 Å². The van der Waals surface area contributed by atoms with Crippen molar-refractivity contribution in [1.82, 2.24) is 4.31 Å². The number of sulfonamides is 1. The van der Waals surface area contributed by atoms with E-state index in [1.165, 1.54) is 16.4 Å². The summed E-state index contributed by atoms with van der Waals surface area (Å²) < 4.78 is 33.8. The average molecular weight is 435 g/mol. The number of hydrogen-bond acceptors (Lipinski definition) is 4. The molecule has 4 rings (SSSR count). The topological polar surface area (TPSA) is 75.7 Å². The molecule has 0 spiro atoms. The highest BCUT2D eigenvalue weighted by molar-refractivity contribution is 7.89. The van der Waals surface area contributed by atoms with Crippen LogP contribution in [0.4, 0.5) is 5.69 Å². The Hall–Kier alpha value is -2.09. The van der Waals surface area contributed by atoms with Gasteiger partial charge in [-0.25, -0.2) is 8.42 Å². The van der Waals surface area contributed by atoms with Gasteiger partial charge in [0.1, 0.15) is 10.6 Å². The summed E-state index contributed by atoms with van der Waals surface area (Å²) in [6.45, 7) is 1.91. The number of fused-ring (bicyclic) bond motifs is 2. The highest BCUT2D eigenvalue weighted by Gasteiger charge is 2.33. The van der Waals surface area contributed by atoms with E-state index in [1.54, 1.807) is 19.2 Å². The van der Waals surface area contributed by atoms with Crippen LogP contribution in [0.1, 0.15) is 48.0 Å². The van der Waals surface area contributed by atoms with E-state index in [-0.39, 0.29) is 27.3 Å². The molecular weight excluding hydrogens is 412 g/mol. The Labute approximate surface area is 175 Å². The number of benzene rings is 2. The van der Waals surface area contributed by atoms with Crippen LogP contribution in [-0.2, 0) is 10.0 Å². The van der Waals surface area contributed by atoms with Crippen LogP contribution in [0, 0.1) is 6.92 Å². The first kappa shape index (κ1) is 20.2. The van der Waals surface area contributed by atoms with Gasteiger partial charge in [0, 0.05) is 19.2 Å². The number of amides is 1. The van der Waals surface area contributed by atoms with E-state index < -0.39 is 15.9 Å². The minimum absolute atomic E-state index is 0.0368. The summed E-state index contributed by atoms with van der Waals surface area (Å²) in [5.41, 5.74) is 1.64. The molecule has 2 aliphatic rings. The molecule has 1 N–H and O–H groups in total. The summed E-state index contributed by atoms with van der Waals surface area (Å²) in [7, 11) is -2.26. The molecule has 29 heavy (non-hydrogen) atoms. The van der Waals surface area contributed by atoms with Crippen molar-refractivity contribution in [3.8, 4) is 11.5 Å². The number of anilines is 1. The van der Waals surface area contributed by atoms with Crippen molar-refractivity contribution in [1.29, 1.82) is 0 Å². The lowest BCUT2D eigenvalue weighted by Crippen LogP contribution is -2.38. The van der Waals surface area contributed by atoms with Gasteiger partial charge < -0.3 is 10.1 Å². The summed E-state index contributed by atoms with van der Waals surface area (Å²) in [5, 5.41) is 2.83. The fourth-order valence-electron chi connectivity index (χ4n) is 3.93. The van der Waals surface area contributed by atoms with Crippen LogP contribution in [0.3, 0.4) is 0 Å². The molecule has 2 aromatic rings. The Balaban J connectivity index is 1.74. The number of nitrogens with one attached hydrogen (secondary N) is 1. The molecule has 2 aromatic carbocycles. The maximum Gasteiger partial charge on any atom is 0.259 e. The van der Waals surface area contributed by atoms with E-state index in [2.05, 4.69) is 5.32 Å². The molecule has 0 atom stereocenters. The number of carbonyl (C=O) groups is 1. The second-order valence-corrected chi connectivity index (χ2v) is 10.0. The van der Waals surface area contributed by atoms with Gasteiger partial charge in [0.2, 0.25) is 10.0 Å². The molecule has 1 aliphatic carbocycles. The molecule has 1 aliphatic heterocycles. The molecule has 0 saturated heterocycles. The Morgan fingerprint density at radius 1 is 1.10 bits per heavy atom. The zero-order valence-electron chi connectivity index (χ0n) is 16.4. The number of aryl methyl sites for hydroxylation is 1. The van der Waals surface area contributed by atoms with Gasteiger partial charge >= 0.3 is 0 Å². The van der Waals surface area contributed by atoms with Gasteiger partial charge in [0.15, 0.2) is 5.75 Å². The van der Waals surface area contributed by atoms with Crippen molar-refractivity contribution < 1.29 is 17.9 Å². The number of rotatable bonds is 3. The number of ether oxygens (including phenoxy) is 1. The monoisotopic (exact) mass is 434 g/mol. The maximum atomic E-state index is 13.3. The third kappa shape index (κ3) is 3.74. The van der Waals surface area contributed by atoms with Gasteiger partial charge in [-0.2, -0.15) is 4.31 Å². The van der Waals surface area contributed by atoms with Crippen LogP contribution in [0.25, 0.3) is 0 Å². The van der Waals surface area contributed by atoms with Gasteiger partial charge in [-0.05, 0) is 43.5 Å². The van der Waals surface area contributed by atoms with Gasteiger partial charge in [-0.15, -0.1) is 0 Å². The van der Waals surface area contributed by atoms with Gasteiger partial charge in [-0.1, -0.05) is 36.9 Å². The minimum atomic E-state index is -3.85. The van der Waals surface area contributed by atoms with Crippen molar-refractivity contribution in [2.24, 2.45) is 0 Å². The van der Waals surface area contributed by atoms with E-state index >= 15 is 0 Å². The lowest BCUT2D eigenvalue weighted by atomic mass is 9.96. The SMILES string of the molecule is Cc1ccc2c(c1)NC(=O)c1cc(S(=O)(=O)N(C)C3CCCCC3)c(Cl)cc1O2. The molecular formula is C21H23ClN2O4S. The van der Waals surface area contributed by atoms with Gasteiger partial charge in [0.05, 0.1) is 16.3 Å². The summed E-state index contributed by atoms with van der Waals surface area (Å²) in [4.78, 5) is 12.7. The third-order valence-electron chi connectivity index (χ3n) is 5.63. The number of hydrogen-bond donors (Lipinski definition) is 1. The molecule has 1 amide bonds. The van der Waals surface area contributed by atoms with Crippen LogP contribution < -0.4 is 10.1 Å². The van der Waals surface area contributed by atoms with Crippen LogP contribution >= 0.6 is 11.6 Å². The van der Waals surface area contributed by atoms with E-state index in [0.717, 1.165) is 37.7 Å². The largest absolute Gasteiger partial charge is 0.454 e. The molecule has 0 radical (unpaired) electrons. The van der Waals surface area contributed by atoms with E-state index in [0.29, 0.717) is 11.4 Å². The quantitative estimate of drug-likeness (QED) is 0.740. The Kier molecular flexibility index (Phi) is 5.31. The lowest BCUT2D eigenvalue weighted by Gasteiger charge is -2.30. The minimum Gasteiger partial charge on any atom is -0.454 e. The molecule has 6 nitrogen and oxygen atoms in total. The maximum absolute atomic E-state index is 13.3. The molecule has 1 fully saturated rings. The first-order valence-corrected chi connectivity index (χ1v) is 11.5. The van der Waals surface area contributed by atoms with Crippen molar-refractivity contribution >= 4 is 33.2 Å². The van der Waals surface area contributed by atoms with Crippen LogP contribution in [-0.4, -0.2) is 31.7 Å². The normalized spacial score (nSPS) is 17.2. The Bertz CT molecular complexity index is 1080. The molecule has 1 saturated carbocycles. The Morgan fingerprint density at radius 2 is 1.83 bits per heavy atom. The number of halogens is 1. The van der Waals surface area contributed by atoms with Crippen LogP contribution in [0.2, 0.25) is 5.02 Å². The van der Waals surface area contributed by atoms with Gasteiger partial charge in [-0.3, -0.25) is 4.79 Å². The summed E-state index contributed by atoms with van der Waals surface area (Å²) >= 11 is 6.36. The number of nitrogens with zero attached hydrogens (tertiary/aromatic N) is 1.